The van der Waals surface area contributed by atoms with E-state index in [0.717, 1.165) is 11.1 Å². The first-order valence-corrected chi connectivity index (χ1v) is 6.89. The van der Waals surface area contributed by atoms with E-state index in [4.69, 9.17) is 9.26 Å². The SMILES string of the molecule is Cc1cccc(-c2noc(COc3ccc([N+](=O)[O-])cc3)n2)c1. The molecule has 116 valence electrons. The van der Waals surface area contributed by atoms with E-state index in [9.17, 15) is 10.1 Å². The lowest BCUT2D eigenvalue weighted by atomic mass is 10.1. The first kappa shape index (κ1) is 14.7. The Balaban J connectivity index is 1.66. The van der Waals surface area contributed by atoms with Crippen LogP contribution in [0.4, 0.5) is 5.69 Å². The van der Waals surface area contributed by atoms with Crippen LogP contribution in [0.2, 0.25) is 0 Å². The smallest absolute Gasteiger partial charge is 0.269 e. The van der Waals surface area contributed by atoms with Gasteiger partial charge in [0.15, 0.2) is 6.61 Å². The van der Waals surface area contributed by atoms with Crippen molar-refractivity contribution >= 4 is 5.69 Å². The van der Waals surface area contributed by atoms with Crippen molar-refractivity contribution in [2.75, 3.05) is 0 Å². The normalized spacial score (nSPS) is 10.5. The van der Waals surface area contributed by atoms with Crippen LogP contribution in [-0.2, 0) is 6.61 Å². The Hall–Kier alpha value is -3.22. The molecule has 0 fully saturated rings. The van der Waals surface area contributed by atoms with E-state index in [0.29, 0.717) is 17.5 Å². The monoisotopic (exact) mass is 311 g/mol. The molecular weight excluding hydrogens is 298 g/mol. The van der Waals surface area contributed by atoms with Gasteiger partial charge in [0, 0.05) is 17.7 Å². The summed E-state index contributed by atoms with van der Waals surface area (Å²) in [6.45, 7) is 2.08. The molecule has 1 heterocycles. The number of hydrogen-bond acceptors (Lipinski definition) is 6. The summed E-state index contributed by atoms with van der Waals surface area (Å²) in [5, 5.41) is 14.5. The maximum atomic E-state index is 10.6. The molecule has 0 unspecified atom stereocenters. The van der Waals surface area contributed by atoms with Gasteiger partial charge in [-0.15, -0.1) is 0 Å². The Labute approximate surface area is 131 Å². The molecule has 23 heavy (non-hydrogen) atoms. The molecule has 0 spiro atoms. The summed E-state index contributed by atoms with van der Waals surface area (Å²) in [4.78, 5) is 14.4. The topological polar surface area (TPSA) is 91.3 Å². The Morgan fingerprint density at radius 3 is 2.70 bits per heavy atom. The second kappa shape index (κ2) is 6.27. The molecule has 0 aliphatic rings. The molecule has 0 saturated carbocycles. The van der Waals surface area contributed by atoms with Crippen molar-refractivity contribution in [1.29, 1.82) is 0 Å². The minimum absolute atomic E-state index is 0.0110. The van der Waals surface area contributed by atoms with E-state index < -0.39 is 4.92 Å². The number of benzene rings is 2. The van der Waals surface area contributed by atoms with Gasteiger partial charge in [-0.3, -0.25) is 10.1 Å². The highest BCUT2D eigenvalue weighted by atomic mass is 16.6. The minimum Gasteiger partial charge on any atom is -0.484 e. The fraction of sp³-hybridized carbons (Fsp3) is 0.125. The lowest BCUT2D eigenvalue weighted by Crippen LogP contribution is -1.96. The van der Waals surface area contributed by atoms with E-state index in [1.54, 1.807) is 0 Å². The highest BCUT2D eigenvalue weighted by molar-refractivity contribution is 5.55. The van der Waals surface area contributed by atoms with Gasteiger partial charge in [-0.2, -0.15) is 4.98 Å². The fourth-order valence-electron chi connectivity index (χ4n) is 2.02. The minimum atomic E-state index is -0.462. The molecule has 0 N–H and O–H groups in total. The zero-order valence-electron chi connectivity index (χ0n) is 12.3. The molecule has 0 aliphatic carbocycles. The van der Waals surface area contributed by atoms with Gasteiger partial charge >= 0.3 is 0 Å². The molecule has 0 aliphatic heterocycles. The van der Waals surface area contributed by atoms with E-state index >= 15 is 0 Å². The van der Waals surface area contributed by atoms with Crippen molar-refractivity contribution in [1.82, 2.24) is 10.1 Å². The van der Waals surface area contributed by atoms with Crippen LogP contribution in [0.5, 0.6) is 5.75 Å². The summed E-state index contributed by atoms with van der Waals surface area (Å²) < 4.78 is 10.6. The van der Waals surface area contributed by atoms with Gasteiger partial charge in [0.1, 0.15) is 5.75 Å². The van der Waals surface area contributed by atoms with E-state index in [1.165, 1.54) is 24.3 Å². The van der Waals surface area contributed by atoms with Gasteiger partial charge in [0.2, 0.25) is 5.82 Å². The van der Waals surface area contributed by atoms with E-state index in [2.05, 4.69) is 10.1 Å². The predicted octanol–water partition coefficient (Wildman–Crippen LogP) is 3.53. The standard InChI is InChI=1S/C16H13N3O4/c1-11-3-2-4-12(9-11)16-17-15(23-18-16)10-22-14-7-5-13(6-8-14)19(20)21/h2-9H,10H2,1H3. The Kier molecular flexibility index (Phi) is 4.01. The zero-order valence-corrected chi connectivity index (χ0v) is 12.3. The molecule has 3 rings (SSSR count). The zero-order chi connectivity index (χ0) is 16.2. The van der Waals surface area contributed by atoms with Crippen molar-refractivity contribution in [2.45, 2.75) is 13.5 Å². The van der Waals surface area contributed by atoms with Crippen LogP contribution in [0.1, 0.15) is 11.5 Å². The van der Waals surface area contributed by atoms with Crippen molar-refractivity contribution in [3.63, 3.8) is 0 Å². The summed E-state index contributed by atoms with van der Waals surface area (Å²) in [5.74, 6) is 1.32. The van der Waals surface area contributed by atoms with Crippen LogP contribution in [0.25, 0.3) is 11.4 Å². The second-order valence-electron chi connectivity index (χ2n) is 4.92. The first-order chi connectivity index (χ1) is 11.1. The summed E-state index contributed by atoms with van der Waals surface area (Å²) >= 11 is 0. The number of hydrogen-bond donors (Lipinski definition) is 0. The van der Waals surface area contributed by atoms with E-state index in [-0.39, 0.29) is 12.3 Å². The third-order valence-corrected chi connectivity index (χ3v) is 3.15. The number of ether oxygens (including phenoxy) is 1. The molecule has 3 aromatic rings. The first-order valence-electron chi connectivity index (χ1n) is 6.89. The largest absolute Gasteiger partial charge is 0.484 e. The summed E-state index contributed by atoms with van der Waals surface area (Å²) in [5.41, 5.74) is 1.99. The van der Waals surface area contributed by atoms with Crippen LogP contribution >= 0.6 is 0 Å². The molecule has 7 nitrogen and oxygen atoms in total. The van der Waals surface area contributed by atoms with Gasteiger partial charge < -0.3 is 9.26 Å². The lowest BCUT2D eigenvalue weighted by molar-refractivity contribution is -0.384. The van der Waals surface area contributed by atoms with E-state index in [1.807, 2.05) is 31.2 Å². The molecule has 1 aromatic heterocycles. The molecule has 0 atom stereocenters. The van der Waals surface area contributed by atoms with Gasteiger partial charge in [-0.25, -0.2) is 0 Å². The third-order valence-electron chi connectivity index (χ3n) is 3.15. The van der Waals surface area contributed by atoms with Crippen molar-refractivity contribution in [2.24, 2.45) is 0 Å². The van der Waals surface area contributed by atoms with Crippen molar-refractivity contribution in [3.05, 3.63) is 70.1 Å². The van der Waals surface area contributed by atoms with Crippen LogP contribution < -0.4 is 4.74 Å². The third kappa shape index (κ3) is 3.52. The summed E-state index contributed by atoms with van der Waals surface area (Å²) in [6, 6.07) is 13.6. The maximum Gasteiger partial charge on any atom is 0.269 e. The van der Waals surface area contributed by atoms with Gasteiger partial charge in [0.05, 0.1) is 4.92 Å². The van der Waals surface area contributed by atoms with Gasteiger partial charge in [-0.05, 0) is 25.1 Å². The quantitative estimate of drug-likeness (QED) is 0.528. The predicted molar refractivity (Wildman–Crippen MR) is 81.9 cm³/mol. The summed E-state index contributed by atoms with van der Waals surface area (Å²) in [7, 11) is 0. The number of nitro benzene ring substituents is 1. The van der Waals surface area contributed by atoms with Crippen LogP contribution in [0, 0.1) is 17.0 Å². The lowest BCUT2D eigenvalue weighted by Gasteiger charge is -2.01. The average molecular weight is 311 g/mol. The highest BCUT2D eigenvalue weighted by Crippen LogP contribution is 2.20. The number of non-ortho nitro benzene ring substituents is 1. The number of rotatable bonds is 5. The number of nitrogens with zero attached hydrogens (tertiary/aromatic N) is 3. The van der Waals surface area contributed by atoms with Crippen LogP contribution in [0.3, 0.4) is 0 Å². The Morgan fingerprint density at radius 2 is 2.00 bits per heavy atom. The average Bonchev–Trinajstić information content (AvgIpc) is 3.02. The van der Waals surface area contributed by atoms with Crippen LogP contribution in [-0.4, -0.2) is 15.1 Å². The van der Waals surface area contributed by atoms with Crippen LogP contribution in [0.15, 0.2) is 53.1 Å². The number of aromatic nitrogens is 2. The molecule has 0 radical (unpaired) electrons. The molecule has 7 heteroatoms. The van der Waals surface area contributed by atoms with Gasteiger partial charge in [-0.1, -0.05) is 28.9 Å². The molecular formula is C16H13N3O4. The molecule has 0 saturated heterocycles. The highest BCUT2D eigenvalue weighted by Gasteiger charge is 2.10. The van der Waals surface area contributed by atoms with Crippen molar-refractivity contribution < 1.29 is 14.2 Å². The Bertz CT molecular complexity index is 827. The van der Waals surface area contributed by atoms with Crippen molar-refractivity contribution in [3.8, 4) is 17.1 Å². The number of aryl methyl sites for hydroxylation is 1. The fourth-order valence-corrected chi connectivity index (χ4v) is 2.02. The molecule has 0 amide bonds. The summed E-state index contributed by atoms with van der Waals surface area (Å²) in [6.07, 6.45) is 0. The van der Waals surface area contributed by atoms with Gasteiger partial charge in [0.25, 0.3) is 11.6 Å². The molecule has 0 bridgehead atoms. The maximum absolute atomic E-state index is 10.6. The second-order valence-corrected chi connectivity index (χ2v) is 4.92. The number of nitro groups is 1. The Morgan fingerprint density at radius 1 is 1.22 bits per heavy atom. The molecule has 2 aromatic carbocycles.